The topological polar surface area (TPSA) is 86.7 Å². The molecule has 2 amide bonds. The number of carbonyl (C=O) groups excluding carboxylic acids is 2. The Hall–Kier alpha value is -1.59. The molecule has 0 saturated heterocycles. The van der Waals surface area contributed by atoms with Gasteiger partial charge in [0.2, 0.25) is 11.8 Å². The molecule has 1 aliphatic rings. The van der Waals surface area contributed by atoms with Gasteiger partial charge < -0.3 is 15.3 Å². The molecular formula is C15H26N2O4. The van der Waals surface area contributed by atoms with Crippen LogP contribution in [0.15, 0.2) is 0 Å². The van der Waals surface area contributed by atoms with E-state index in [1.165, 1.54) is 25.2 Å². The molecule has 2 N–H and O–H groups in total. The number of rotatable bonds is 7. The van der Waals surface area contributed by atoms with Crippen LogP contribution >= 0.6 is 0 Å². The van der Waals surface area contributed by atoms with E-state index in [2.05, 4.69) is 5.32 Å². The molecule has 0 aromatic heterocycles. The van der Waals surface area contributed by atoms with E-state index >= 15 is 0 Å². The van der Waals surface area contributed by atoms with Crippen LogP contribution in [-0.2, 0) is 14.4 Å². The van der Waals surface area contributed by atoms with Gasteiger partial charge in [0.25, 0.3) is 0 Å². The van der Waals surface area contributed by atoms with Gasteiger partial charge in [0, 0.05) is 26.4 Å². The average Bonchev–Trinajstić information content (AvgIpc) is 2.43. The van der Waals surface area contributed by atoms with E-state index in [0.717, 1.165) is 25.7 Å². The van der Waals surface area contributed by atoms with Crippen molar-refractivity contribution in [3.8, 4) is 0 Å². The molecule has 0 spiro atoms. The predicted octanol–water partition coefficient (Wildman–Crippen LogP) is 1.39. The van der Waals surface area contributed by atoms with Gasteiger partial charge in [-0.2, -0.15) is 0 Å². The molecule has 1 atom stereocenters. The highest BCUT2D eigenvalue weighted by Gasteiger charge is 2.27. The number of nitrogens with zero attached hydrogens (tertiary/aromatic N) is 1. The second-order valence-corrected chi connectivity index (χ2v) is 5.79. The maximum atomic E-state index is 12.4. The van der Waals surface area contributed by atoms with Crippen LogP contribution in [0.4, 0.5) is 0 Å². The van der Waals surface area contributed by atoms with E-state index in [1.807, 2.05) is 0 Å². The lowest BCUT2D eigenvalue weighted by atomic mass is 9.86. The minimum atomic E-state index is -1.02. The Balaban J connectivity index is 2.58. The van der Waals surface area contributed by atoms with Gasteiger partial charge in [0.05, 0.1) is 0 Å². The number of carboxylic acid groups (broad SMARTS) is 1. The second-order valence-electron chi connectivity index (χ2n) is 5.79. The minimum absolute atomic E-state index is 0.123. The van der Waals surface area contributed by atoms with Crippen molar-refractivity contribution < 1.29 is 19.5 Å². The van der Waals surface area contributed by atoms with Gasteiger partial charge in [0.15, 0.2) is 0 Å². The summed E-state index contributed by atoms with van der Waals surface area (Å²) in [7, 11) is 0. The maximum Gasteiger partial charge on any atom is 0.326 e. The van der Waals surface area contributed by atoms with Crippen LogP contribution in [-0.4, -0.2) is 46.9 Å². The summed E-state index contributed by atoms with van der Waals surface area (Å²) >= 11 is 0. The van der Waals surface area contributed by atoms with Crippen LogP contribution < -0.4 is 5.32 Å². The van der Waals surface area contributed by atoms with E-state index in [1.54, 1.807) is 0 Å². The maximum absolute atomic E-state index is 12.4. The van der Waals surface area contributed by atoms with Gasteiger partial charge in [-0.1, -0.05) is 19.3 Å². The molecule has 1 unspecified atom stereocenters. The Morgan fingerprint density at radius 3 is 2.38 bits per heavy atom. The highest BCUT2D eigenvalue weighted by atomic mass is 16.4. The summed E-state index contributed by atoms with van der Waals surface area (Å²) in [6.45, 7) is 3.42. The summed E-state index contributed by atoms with van der Waals surface area (Å²) in [5, 5.41) is 11.7. The smallest absolute Gasteiger partial charge is 0.326 e. The third kappa shape index (κ3) is 6.14. The molecule has 0 aromatic carbocycles. The van der Waals surface area contributed by atoms with Crippen molar-refractivity contribution in [1.82, 2.24) is 10.2 Å². The first-order valence-corrected chi connectivity index (χ1v) is 7.68. The van der Waals surface area contributed by atoms with E-state index in [-0.39, 0.29) is 24.9 Å². The van der Waals surface area contributed by atoms with Crippen LogP contribution in [0.2, 0.25) is 0 Å². The summed E-state index contributed by atoms with van der Waals surface area (Å²) < 4.78 is 0. The van der Waals surface area contributed by atoms with Crippen molar-refractivity contribution >= 4 is 17.8 Å². The van der Waals surface area contributed by atoms with Crippen molar-refractivity contribution in [2.75, 3.05) is 13.1 Å². The molecular weight excluding hydrogens is 272 g/mol. The fraction of sp³-hybridized carbons (Fsp3) is 0.800. The summed E-state index contributed by atoms with van der Waals surface area (Å²) in [6, 6.07) is -0.866. The van der Waals surface area contributed by atoms with Crippen LogP contribution in [0.3, 0.4) is 0 Å². The fourth-order valence-corrected chi connectivity index (χ4v) is 2.78. The zero-order chi connectivity index (χ0) is 15.8. The summed E-state index contributed by atoms with van der Waals surface area (Å²) in [4.78, 5) is 35.8. The third-order valence-corrected chi connectivity index (χ3v) is 4.06. The summed E-state index contributed by atoms with van der Waals surface area (Å²) in [5.74, 6) is -0.954. The van der Waals surface area contributed by atoms with Gasteiger partial charge in [0.1, 0.15) is 6.04 Å². The number of carbonyl (C=O) groups is 3. The van der Waals surface area contributed by atoms with E-state index < -0.39 is 12.0 Å². The molecule has 0 aromatic rings. The molecule has 0 radical (unpaired) electrons. The number of amides is 2. The quantitative estimate of drug-likeness (QED) is 0.743. The summed E-state index contributed by atoms with van der Waals surface area (Å²) in [5.41, 5.74) is 0. The van der Waals surface area contributed by atoms with Crippen molar-refractivity contribution in [3.05, 3.63) is 0 Å². The van der Waals surface area contributed by atoms with Crippen molar-refractivity contribution in [2.24, 2.45) is 5.92 Å². The van der Waals surface area contributed by atoms with Gasteiger partial charge in [-0.15, -0.1) is 0 Å². The molecule has 1 saturated carbocycles. The van der Waals surface area contributed by atoms with E-state index in [4.69, 9.17) is 5.11 Å². The number of carboxylic acids is 1. The fourth-order valence-electron chi connectivity index (χ4n) is 2.78. The highest BCUT2D eigenvalue weighted by molar-refractivity contribution is 5.83. The highest BCUT2D eigenvalue weighted by Crippen LogP contribution is 2.27. The molecule has 21 heavy (non-hydrogen) atoms. The van der Waals surface area contributed by atoms with Crippen LogP contribution in [0.5, 0.6) is 0 Å². The third-order valence-electron chi connectivity index (χ3n) is 4.06. The first kappa shape index (κ1) is 17.5. The van der Waals surface area contributed by atoms with Crippen LogP contribution in [0.25, 0.3) is 0 Å². The Kier molecular flexibility index (Phi) is 7.19. The van der Waals surface area contributed by atoms with Crippen molar-refractivity contribution in [2.45, 2.75) is 58.4 Å². The Bertz CT molecular complexity index is 378. The lowest BCUT2D eigenvalue weighted by Crippen LogP contribution is -2.47. The molecule has 1 aliphatic carbocycles. The molecule has 1 fully saturated rings. The average molecular weight is 298 g/mol. The predicted molar refractivity (Wildman–Crippen MR) is 78.7 cm³/mol. The van der Waals surface area contributed by atoms with Gasteiger partial charge >= 0.3 is 5.97 Å². The second kappa shape index (κ2) is 8.64. The summed E-state index contributed by atoms with van der Waals surface area (Å²) in [6.07, 6.45) is 6.04. The Labute approximate surface area is 125 Å². The zero-order valence-electron chi connectivity index (χ0n) is 12.9. The standard InChI is InChI=1S/C15H26N2O4/c1-11(15(20)21)17(9-8-16-12(2)18)14(19)10-13-6-4-3-5-7-13/h11,13H,3-10H2,1-2H3,(H,16,18)(H,20,21). The van der Waals surface area contributed by atoms with Crippen molar-refractivity contribution in [1.29, 1.82) is 0 Å². The normalized spacial score (nSPS) is 17.0. The Morgan fingerprint density at radius 2 is 1.86 bits per heavy atom. The van der Waals surface area contributed by atoms with Crippen LogP contribution in [0, 0.1) is 5.92 Å². The number of hydrogen-bond acceptors (Lipinski definition) is 3. The molecule has 0 heterocycles. The number of aliphatic carboxylic acids is 1. The lowest BCUT2D eigenvalue weighted by Gasteiger charge is -2.29. The molecule has 0 bridgehead atoms. The minimum Gasteiger partial charge on any atom is -0.480 e. The van der Waals surface area contributed by atoms with E-state index in [0.29, 0.717) is 12.3 Å². The molecule has 1 rings (SSSR count). The number of nitrogens with one attached hydrogen (secondary N) is 1. The first-order valence-electron chi connectivity index (χ1n) is 7.68. The SMILES string of the molecule is CC(=O)NCCN(C(=O)CC1CCCCC1)C(C)C(=O)O. The first-order chi connectivity index (χ1) is 9.91. The largest absolute Gasteiger partial charge is 0.480 e. The monoisotopic (exact) mass is 298 g/mol. The molecule has 6 nitrogen and oxygen atoms in total. The van der Waals surface area contributed by atoms with Gasteiger partial charge in [-0.25, -0.2) is 4.79 Å². The van der Waals surface area contributed by atoms with Gasteiger partial charge in [-0.05, 0) is 25.7 Å². The van der Waals surface area contributed by atoms with Crippen LogP contribution in [0.1, 0.15) is 52.4 Å². The van der Waals surface area contributed by atoms with E-state index in [9.17, 15) is 14.4 Å². The van der Waals surface area contributed by atoms with Gasteiger partial charge in [-0.3, -0.25) is 9.59 Å². The zero-order valence-corrected chi connectivity index (χ0v) is 12.9. The molecule has 6 heteroatoms. The molecule has 0 aliphatic heterocycles. The lowest BCUT2D eigenvalue weighted by molar-refractivity contribution is -0.150. The number of hydrogen-bond donors (Lipinski definition) is 2. The molecule has 120 valence electrons. The van der Waals surface area contributed by atoms with Crippen molar-refractivity contribution in [3.63, 3.8) is 0 Å². The Morgan fingerprint density at radius 1 is 1.24 bits per heavy atom.